The van der Waals surface area contributed by atoms with Crippen LogP contribution >= 0.6 is 0 Å². The van der Waals surface area contributed by atoms with E-state index in [2.05, 4.69) is 12.2 Å². The maximum atomic E-state index is 12.5. The molecular formula is C12H25N3O3S. The summed E-state index contributed by atoms with van der Waals surface area (Å²) in [6.07, 6.45) is 3.08. The van der Waals surface area contributed by atoms with Gasteiger partial charge in [-0.2, -0.15) is 17.0 Å². The summed E-state index contributed by atoms with van der Waals surface area (Å²) in [6, 6.07) is 0.296. The van der Waals surface area contributed by atoms with Gasteiger partial charge >= 0.3 is 0 Å². The number of hydrogen-bond donors (Lipinski definition) is 1. The molecule has 7 heteroatoms. The Hall–Kier alpha value is -0.210. The molecule has 0 saturated carbocycles. The van der Waals surface area contributed by atoms with E-state index in [0.717, 1.165) is 25.8 Å². The Morgan fingerprint density at radius 2 is 1.95 bits per heavy atom. The monoisotopic (exact) mass is 291 g/mol. The maximum Gasteiger partial charge on any atom is 0.282 e. The van der Waals surface area contributed by atoms with Crippen LogP contribution in [0.25, 0.3) is 0 Å². The predicted molar refractivity (Wildman–Crippen MR) is 74.2 cm³/mol. The summed E-state index contributed by atoms with van der Waals surface area (Å²) in [5.74, 6) is 0. The quantitative estimate of drug-likeness (QED) is 0.776. The summed E-state index contributed by atoms with van der Waals surface area (Å²) >= 11 is 0. The van der Waals surface area contributed by atoms with Crippen LogP contribution in [0, 0.1) is 0 Å². The molecule has 2 aliphatic heterocycles. The summed E-state index contributed by atoms with van der Waals surface area (Å²) in [4.78, 5) is 0. The first kappa shape index (κ1) is 15.2. The number of rotatable bonds is 5. The van der Waals surface area contributed by atoms with Crippen LogP contribution in [0.4, 0.5) is 0 Å². The Labute approximate surface area is 116 Å². The van der Waals surface area contributed by atoms with Crippen molar-refractivity contribution in [3.63, 3.8) is 0 Å². The minimum absolute atomic E-state index is 0.296. The van der Waals surface area contributed by atoms with Crippen LogP contribution in [-0.4, -0.2) is 69.0 Å². The van der Waals surface area contributed by atoms with Crippen molar-refractivity contribution in [2.75, 3.05) is 45.9 Å². The summed E-state index contributed by atoms with van der Waals surface area (Å²) in [5.41, 5.74) is 0. The number of hydrogen-bond acceptors (Lipinski definition) is 4. The standard InChI is InChI=1S/C12H25N3O3S/c1-2-5-13-12-4-3-6-15(11-12)19(16,17)14-7-9-18-10-8-14/h12-13H,2-11H2,1H3. The fraction of sp³-hybridized carbons (Fsp3) is 1.00. The van der Waals surface area contributed by atoms with Crippen molar-refractivity contribution in [1.29, 1.82) is 0 Å². The molecule has 6 nitrogen and oxygen atoms in total. The molecule has 19 heavy (non-hydrogen) atoms. The van der Waals surface area contributed by atoms with Crippen molar-refractivity contribution < 1.29 is 13.2 Å². The zero-order valence-electron chi connectivity index (χ0n) is 11.7. The van der Waals surface area contributed by atoms with Gasteiger partial charge in [-0.05, 0) is 25.8 Å². The van der Waals surface area contributed by atoms with Crippen LogP contribution in [0.15, 0.2) is 0 Å². The van der Waals surface area contributed by atoms with Gasteiger partial charge in [0.25, 0.3) is 10.2 Å². The van der Waals surface area contributed by atoms with E-state index in [1.54, 1.807) is 8.61 Å². The highest BCUT2D eigenvalue weighted by Gasteiger charge is 2.34. The van der Waals surface area contributed by atoms with Crippen molar-refractivity contribution in [1.82, 2.24) is 13.9 Å². The van der Waals surface area contributed by atoms with E-state index in [9.17, 15) is 8.42 Å². The fourth-order valence-electron chi connectivity index (χ4n) is 2.61. The molecule has 2 fully saturated rings. The van der Waals surface area contributed by atoms with Crippen LogP contribution in [0.1, 0.15) is 26.2 Å². The van der Waals surface area contributed by atoms with Crippen LogP contribution in [0.3, 0.4) is 0 Å². The molecule has 2 aliphatic rings. The second-order valence-electron chi connectivity index (χ2n) is 5.17. The zero-order valence-corrected chi connectivity index (χ0v) is 12.5. The summed E-state index contributed by atoms with van der Waals surface area (Å²) in [5, 5.41) is 3.43. The number of ether oxygens (including phenoxy) is 1. The second kappa shape index (κ2) is 6.99. The van der Waals surface area contributed by atoms with Crippen molar-refractivity contribution in [2.45, 2.75) is 32.2 Å². The van der Waals surface area contributed by atoms with E-state index >= 15 is 0 Å². The molecule has 1 unspecified atom stereocenters. The Morgan fingerprint density at radius 3 is 2.63 bits per heavy atom. The van der Waals surface area contributed by atoms with E-state index in [0.29, 0.717) is 45.4 Å². The topological polar surface area (TPSA) is 61.9 Å². The summed E-state index contributed by atoms with van der Waals surface area (Å²) < 4.78 is 33.5. The van der Waals surface area contributed by atoms with Crippen molar-refractivity contribution >= 4 is 10.2 Å². The van der Waals surface area contributed by atoms with Crippen molar-refractivity contribution in [2.24, 2.45) is 0 Å². The first-order valence-electron chi connectivity index (χ1n) is 7.21. The van der Waals surface area contributed by atoms with Gasteiger partial charge in [0.05, 0.1) is 13.2 Å². The maximum absolute atomic E-state index is 12.5. The van der Waals surface area contributed by atoms with E-state index in [4.69, 9.17) is 4.74 Å². The van der Waals surface area contributed by atoms with Gasteiger partial charge in [0.2, 0.25) is 0 Å². The van der Waals surface area contributed by atoms with Crippen molar-refractivity contribution in [3.05, 3.63) is 0 Å². The molecule has 112 valence electrons. The molecule has 0 aromatic heterocycles. The predicted octanol–water partition coefficient (Wildman–Crippen LogP) is 0.0274. The fourth-order valence-corrected chi connectivity index (χ4v) is 4.27. The molecule has 1 atom stereocenters. The molecule has 2 saturated heterocycles. The lowest BCUT2D eigenvalue weighted by Crippen LogP contribution is -2.54. The molecule has 0 aromatic rings. The van der Waals surface area contributed by atoms with E-state index < -0.39 is 10.2 Å². The third-order valence-electron chi connectivity index (χ3n) is 3.69. The van der Waals surface area contributed by atoms with Gasteiger partial charge in [-0.3, -0.25) is 0 Å². The normalized spacial score (nSPS) is 27.5. The van der Waals surface area contributed by atoms with Gasteiger partial charge in [-0.25, -0.2) is 0 Å². The van der Waals surface area contributed by atoms with Gasteiger partial charge in [0.15, 0.2) is 0 Å². The third kappa shape index (κ3) is 3.88. The SMILES string of the molecule is CCCNC1CCCN(S(=O)(=O)N2CCOCC2)C1. The Bertz CT molecular complexity index is 368. The minimum Gasteiger partial charge on any atom is -0.379 e. The zero-order chi connectivity index (χ0) is 13.7. The molecule has 0 aliphatic carbocycles. The van der Waals surface area contributed by atoms with E-state index in [1.165, 1.54) is 0 Å². The smallest absolute Gasteiger partial charge is 0.282 e. The van der Waals surface area contributed by atoms with Gasteiger partial charge < -0.3 is 10.1 Å². The van der Waals surface area contributed by atoms with E-state index in [1.807, 2.05) is 0 Å². The van der Waals surface area contributed by atoms with Gasteiger partial charge in [0.1, 0.15) is 0 Å². The average Bonchev–Trinajstić information content (AvgIpc) is 2.46. The Kier molecular flexibility index (Phi) is 5.58. The van der Waals surface area contributed by atoms with Crippen LogP contribution in [-0.2, 0) is 14.9 Å². The van der Waals surface area contributed by atoms with E-state index in [-0.39, 0.29) is 0 Å². The highest BCUT2D eigenvalue weighted by Crippen LogP contribution is 2.18. The first-order valence-corrected chi connectivity index (χ1v) is 8.60. The summed E-state index contributed by atoms with van der Waals surface area (Å²) in [7, 11) is -3.30. The molecule has 0 amide bonds. The molecular weight excluding hydrogens is 266 g/mol. The van der Waals surface area contributed by atoms with Crippen LogP contribution in [0.5, 0.6) is 0 Å². The summed E-state index contributed by atoms with van der Waals surface area (Å²) in [6.45, 7) is 6.28. The molecule has 2 rings (SSSR count). The highest BCUT2D eigenvalue weighted by atomic mass is 32.2. The third-order valence-corrected chi connectivity index (χ3v) is 5.69. The van der Waals surface area contributed by atoms with Gasteiger partial charge in [-0.15, -0.1) is 0 Å². The lowest BCUT2D eigenvalue weighted by Gasteiger charge is -2.37. The molecule has 0 radical (unpaired) electrons. The van der Waals surface area contributed by atoms with Crippen molar-refractivity contribution in [3.8, 4) is 0 Å². The van der Waals surface area contributed by atoms with Crippen LogP contribution < -0.4 is 5.32 Å². The molecule has 0 bridgehead atoms. The lowest BCUT2D eigenvalue weighted by atomic mass is 10.1. The Morgan fingerprint density at radius 1 is 1.21 bits per heavy atom. The van der Waals surface area contributed by atoms with Gasteiger partial charge in [-0.1, -0.05) is 6.92 Å². The largest absolute Gasteiger partial charge is 0.379 e. The lowest BCUT2D eigenvalue weighted by molar-refractivity contribution is 0.0694. The van der Waals surface area contributed by atoms with Crippen LogP contribution in [0.2, 0.25) is 0 Å². The minimum atomic E-state index is -3.30. The first-order chi connectivity index (χ1) is 9.14. The van der Waals surface area contributed by atoms with Gasteiger partial charge in [0, 0.05) is 32.2 Å². The second-order valence-corrected chi connectivity index (χ2v) is 7.10. The highest BCUT2D eigenvalue weighted by molar-refractivity contribution is 7.86. The Balaban J connectivity index is 1.95. The number of morpholine rings is 1. The molecule has 2 heterocycles. The number of nitrogens with zero attached hydrogens (tertiary/aromatic N) is 2. The molecule has 0 spiro atoms. The molecule has 0 aromatic carbocycles. The average molecular weight is 291 g/mol. The molecule has 1 N–H and O–H groups in total. The number of nitrogens with one attached hydrogen (secondary N) is 1. The number of piperidine rings is 1.